The Labute approximate surface area is 113 Å². The smallest absolute Gasteiger partial charge is 0.393 e. The van der Waals surface area contributed by atoms with Crippen LogP contribution < -0.4 is 4.90 Å². The lowest BCUT2D eigenvalue weighted by Crippen LogP contribution is -2.45. The first-order chi connectivity index (χ1) is 9.36. The summed E-state index contributed by atoms with van der Waals surface area (Å²) in [6.45, 7) is 0. The Morgan fingerprint density at radius 2 is 1.80 bits per heavy atom. The monoisotopic (exact) mass is 290 g/mol. The van der Waals surface area contributed by atoms with E-state index in [4.69, 9.17) is 0 Å². The Bertz CT molecular complexity index is 506. The third-order valence-electron chi connectivity index (χ3n) is 4.10. The van der Waals surface area contributed by atoms with E-state index in [1.807, 2.05) is 0 Å². The van der Waals surface area contributed by atoms with Crippen LogP contribution in [0.15, 0.2) is 12.3 Å². The molecular weight excluding hydrogens is 276 g/mol. The van der Waals surface area contributed by atoms with Gasteiger partial charge in [-0.1, -0.05) is 0 Å². The first-order valence-electron chi connectivity index (χ1n) is 6.55. The number of piperidine rings is 1. The lowest BCUT2D eigenvalue weighted by atomic mass is 10.00. The van der Waals surface area contributed by atoms with Crippen molar-refractivity contribution in [3.63, 3.8) is 0 Å². The number of pyridine rings is 1. The van der Waals surface area contributed by atoms with Crippen molar-refractivity contribution in [2.75, 3.05) is 4.90 Å². The summed E-state index contributed by atoms with van der Waals surface area (Å²) in [7, 11) is 0. The number of aromatic nitrogens is 1. The van der Waals surface area contributed by atoms with E-state index in [0.717, 1.165) is 12.8 Å². The third-order valence-corrected chi connectivity index (χ3v) is 4.10. The Hall–Kier alpha value is -1.37. The Kier molecular flexibility index (Phi) is 3.12. The van der Waals surface area contributed by atoms with Crippen molar-refractivity contribution in [2.45, 2.75) is 50.0 Å². The lowest BCUT2D eigenvalue weighted by molar-refractivity contribution is -0.138. The average Bonchev–Trinajstić information content (AvgIpc) is 2.61. The van der Waals surface area contributed by atoms with Gasteiger partial charge in [0.2, 0.25) is 0 Å². The Morgan fingerprint density at radius 3 is 2.30 bits per heavy atom. The summed E-state index contributed by atoms with van der Waals surface area (Å²) in [5.41, 5.74) is -1.08. The largest absolute Gasteiger partial charge is 0.417 e. The van der Waals surface area contributed by atoms with Crippen LogP contribution in [0.4, 0.5) is 23.4 Å². The fourth-order valence-corrected chi connectivity index (χ4v) is 3.27. The number of alkyl halides is 3. The molecule has 1 aromatic rings. The lowest BCUT2D eigenvalue weighted by Gasteiger charge is -2.38. The molecule has 1 N–H and O–H groups in total. The first kappa shape index (κ1) is 13.6. The molecule has 2 unspecified atom stereocenters. The standard InChI is InChI=1S/C13H14F4N2O/c14-11-3-7(13(15,16)17)6-18-12(11)19-8-1-2-9(19)5-10(20)4-8/h3,6,8-10,20H,1-2,4-5H2. The topological polar surface area (TPSA) is 36.4 Å². The SMILES string of the molecule is OC1CC2CCC(C1)N2c1ncc(C(F)(F)F)cc1F. The highest BCUT2D eigenvalue weighted by atomic mass is 19.4. The number of aliphatic hydroxyl groups is 1. The molecule has 3 nitrogen and oxygen atoms in total. The van der Waals surface area contributed by atoms with Gasteiger partial charge in [0.25, 0.3) is 0 Å². The van der Waals surface area contributed by atoms with Crippen LogP contribution in [0.3, 0.4) is 0 Å². The van der Waals surface area contributed by atoms with E-state index in [-0.39, 0.29) is 17.9 Å². The Morgan fingerprint density at radius 1 is 1.20 bits per heavy atom. The summed E-state index contributed by atoms with van der Waals surface area (Å²) < 4.78 is 51.5. The van der Waals surface area contributed by atoms with Crippen LogP contribution in [0.2, 0.25) is 0 Å². The highest BCUT2D eigenvalue weighted by molar-refractivity contribution is 5.46. The molecule has 110 valence electrons. The molecule has 0 aliphatic carbocycles. The number of fused-ring (bicyclic) bond motifs is 2. The molecule has 0 saturated carbocycles. The maximum Gasteiger partial charge on any atom is 0.417 e. The van der Waals surface area contributed by atoms with Crippen molar-refractivity contribution in [3.05, 3.63) is 23.6 Å². The second-order valence-corrected chi connectivity index (χ2v) is 5.44. The van der Waals surface area contributed by atoms with Crippen LogP contribution >= 0.6 is 0 Å². The van der Waals surface area contributed by atoms with E-state index >= 15 is 0 Å². The van der Waals surface area contributed by atoms with Crippen molar-refractivity contribution < 1.29 is 22.7 Å². The number of hydrogen-bond donors (Lipinski definition) is 1. The molecule has 2 aliphatic rings. The van der Waals surface area contributed by atoms with E-state index in [9.17, 15) is 22.7 Å². The van der Waals surface area contributed by atoms with Crippen LogP contribution in [0.1, 0.15) is 31.2 Å². The first-order valence-corrected chi connectivity index (χ1v) is 6.55. The fourth-order valence-electron chi connectivity index (χ4n) is 3.27. The molecule has 0 radical (unpaired) electrons. The predicted octanol–water partition coefficient (Wildman–Crippen LogP) is 2.73. The van der Waals surface area contributed by atoms with Gasteiger partial charge in [0.1, 0.15) is 0 Å². The minimum absolute atomic E-state index is 0.0302. The maximum atomic E-state index is 14.0. The number of nitrogens with zero attached hydrogens (tertiary/aromatic N) is 2. The van der Waals surface area contributed by atoms with Gasteiger partial charge in [-0.15, -0.1) is 0 Å². The molecule has 0 spiro atoms. The van der Waals surface area contributed by atoms with Crippen LogP contribution in [0, 0.1) is 5.82 Å². The number of aliphatic hydroxyl groups excluding tert-OH is 1. The number of hydrogen-bond acceptors (Lipinski definition) is 3. The minimum atomic E-state index is -4.59. The molecule has 0 amide bonds. The average molecular weight is 290 g/mol. The van der Waals surface area contributed by atoms with Crippen molar-refractivity contribution in [1.82, 2.24) is 4.98 Å². The summed E-state index contributed by atoms with van der Waals surface area (Å²) >= 11 is 0. The molecule has 20 heavy (non-hydrogen) atoms. The molecule has 7 heteroatoms. The zero-order chi connectivity index (χ0) is 14.5. The van der Waals surface area contributed by atoms with E-state index in [1.54, 1.807) is 4.90 Å². The second-order valence-electron chi connectivity index (χ2n) is 5.44. The van der Waals surface area contributed by atoms with E-state index in [1.165, 1.54) is 0 Å². The third kappa shape index (κ3) is 2.24. The van der Waals surface area contributed by atoms with Crippen LogP contribution in [-0.2, 0) is 6.18 Å². The molecule has 2 bridgehead atoms. The summed E-state index contributed by atoms with van der Waals surface area (Å²) in [6, 6.07) is 0.414. The molecule has 2 aliphatic heterocycles. The summed E-state index contributed by atoms with van der Waals surface area (Å²) in [5, 5.41) is 9.69. The molecule has 3 heterocycles. The molecule has 3 rings (SSSR count). The van der Waals surface area contributed by atoms with Gasteiger partial charge >= 0.3 is 6.18 Å². The highest BCUT2D eigenvalue weighted by Crippen LogP contribution is 2.40. The van der Waals surface area contributed by atoms with E-state index in [2.05, 4.69) is 4.98 Å². The van der Waals surface area contributed by atoms with Gasteiger partial charge in [-0.25, -0.2) is 9.37 Å². The number of halogens is 4. The molecule has 1 aromatic heterocycles. The highest BCUT2D eigenvalue weighted by Gasteiger charge is 2.42. The number of anilines is 1. The fraction of sp³-hybridized carbons (Fsp3) is 0.615. The number of rotatable bonds is 1. The second kappa shape index (κ2) is 4.58. The molecular formula is C13H14F4N2O. The van der Waals surface area contributed by atoms with Gasteiger partial charge in [-0.3, -0.25) is 0 Å². The zero-order valence-corrected chi connectivity index (χ0v) is 10.6. The normalized spacial score (nSPS) is 29.9. The Balaban J connectivity index is 1.92. The summed E-state index contributed by atoms with van der Waals surface area (Å²) in [4.78, 5) is 5.42. The van der Waals surface area contributed by atoms with Crippen molar-refractivity contribution in [3.8, 4) is 0 Å². The summed E-state index contributed by atoms with van der Waals surface area (Å²) in [5.74, 6) is -0.981. The van der Waals surface area contributed by atoms with Crippen LogP contribution in [0.25, 0.3) is 0 Å². The maximum absolute atomic E-state index is 14.0. The summed E-state index contributed by atoms with van der Waals surface area (Å²) in [6.07, 6.45) is -1.70. The van der Waals surface area contributed by atoms with Crippen LogP contribution in [0.5, 0.6) is 0 Å². The van der Waals surface area contributed by atoms with Crippen molar-refractivity contribution in [1.29, 1.82) is 0 Å². The van der Waals surface area contributed by atoms with Crippen LogP contribution in [-0.4, -0.2) is 28.3 Å². The van der Waals surface area contributed by atoms with Gasteiger partial charge in [0.05, 0.1) is 11.7 Å². The van der Waals surface area contributed by atoms with Crippen molar-refractivity contribution >= 4 is 5.82 Å². The predicted molar refractivity (Wildman–Crippen MR) is 63.7 cm³/mol. The quantitative estimate of drug-likeness (QED) is 0.808. The van der Waals surface area contributed by atoms with Gasteiger partial charge in [-0.05, 0) is 31.7 Å². The van der Waals surface area contributed by atoms with Gasteiger partial charge in [0, 0.05) is 18.3 Å². The van der Waals surface area contributed by atoms with Crippen molar-refractivity contribution in [2.24, 2.45) is 0 Å². The minimum Gasteiger partial charge on any atom is -0.393 e. The molecule has 2 atom stereocenters. The molecule has 2 fully saturated rings. The van der Waals surface area contributed by atoms with E-state index < -0.39 is 23.7 Å². The zero-order valence-electron chi connectivity index (χ0n) is 10.6. The molecule has 2 saturated heterocycles. The molecule has 0 aromatic carbocycles. The van der Waals surface area contributed by atoms with E-state index in [0.29, 0.717) is 25.1 Å². The van der Waals surface area contributed by atoms with Gasteiger partial charge < -0.3 is 10.0 Å². The van der Waals surface area contributed by atoms with Gasteiger partial charge in [-0.2, -0.15) is 13.2 Å². The van der Waals surface area contributed by atoms with Gasteiger partial charge in [0.15, 0.2) is 11.6 Å².